The highest BCUT2D eigenvalue weighted by Gasteiger charge is 2.60. The number of carbonyl (C=O) groups is 4. The van der Waals surface area contributed by atoms with E-state index < -0.39 is 302 Å². The van der Waals surface area contributed by atoms with Crippen LogP contribution in [-0.2, 0) is 95.0 Å². The van der Waals surface area contributed by atoms with Gasteiger partial charge in [0.25, 0.3) is 0 Å². The maximum atomic E-state index is 12.9. The maximum absolute atomic E-state index is 12.9. The SMILES string of the molecule is CN[C@H](CSCC1O[C@H]2O[C@@H]3C(CO)O[C@H](O[C@@H]4C(CO)O[C@H](O[C@@H]5C(CO)O[C@H](O[C@@H]6C(CSCC(CC(=O)COCCOCC(C)=O)C(=O)O)O[C@H](O[C@@H]7C(CO)O[C@@H](O[C@@H]8C(CO)O[C@@H](O[C@H]1[C@H](O)C2O)C(O)[C@H]8O)C(O)[C@H]7O)C(O)[C@H]6O)C(O)[C@H]5O)C(O)[C@H]4O)C(O)[C@H]3O)C(=O)O. The zero-order valence-corrected chi connectivity index (χ0v) is 55.8. The number of carbonyl (C=O) groups excluding carboxylic acids is 2. The summed E-state index contributed by atoms with van der Waals surface area (Å²) >= 11 is 1.63. The van der Waals surface area contributed by atoms with Gasteiger partial charge >= 0.3 is 11.9 Å². The van der Waals surface area contributed by atoms with Crippen LogP contribution < -0.4 is 5.32 Å². The van der Waals surface area contributed by atoms with Crippen molar-refractivity contribution in [2.24, 2.45) is 5.92 Å². The maximum Gasteiger partial charge on any atom is 0.321 e. The number of aliphatic carboxylic acids is 2. The molecule has 0 aliphatic carbocycles. The smallest absolute Gasteiger partial charge is 0.321 e. The summed E-state index contributed by atoms with van der Waals surface area (Å²) in [6.07, 6.45) is -73.3. The van der Waals surface area contributed by atoms with Crippen molar-refractivity contribution in [3.8, 4) is 0 Å². The Morgan fingerprint density at radius 2 is 0.604 bits per heavy atom. The van der Waals surface area contributed by atoms with E-state index >= 15 is 0 Å². The molecule has 37 atom stereocenters. The van der Waals surface area contributed by atoms with Crippen LogP contribution in [0.15, 0.2) is 0 Å². The average molecular weight is 1510 g/mol. The minimum absolute atomic E-state index is 0.0588. The first kappa shape index (κ1) is 84.2. The molecule has 584 valence electrons. The van der Waals surface area contributed by atoms with Crippen LogP contribution in [0.4, 0.5) is 0 Å². The summed E-state index contributed by atoms with van der Waals surface area (Å²) < 4.78 is 92.8. The van der Waals surface area contributed by atoms with Gasteiger partial charge in [-0.15, -0.1) is 0 Å². The average Bonchev–Trinajstić information content (AvgIpc) is 0.787. The molecule has 21 saturated heterocycles. The molecule has 21 aliphatic rings. The Labute approximate surface area is 582 Å². The third kappa shape index (κ3) is 20.1. The van der Waals surface area contributed by atoms with Crippen LogP contribution in [0.3, 0.4) is 0 Å². The van der Waals surface area contributed by atoms with Crippen molar-refractivity contribution in [2.45, 2.75) is 234 Å². The first-order valence-corrected chi connectivity index (χ1v) is 34.5. The Hall–Kier alpha value is -2.46. The predicted octanol–water partition coefficient (Wildman–Crippen LogP) is -13.8. The van der Waals surface area contributed by atoms with Crippen molar-refractivity contribution < 1.29 is 202 Å². The number of thioether (sulfide) groups is 2. The molecule has 0 spiro atoms. The van der Waals surface area contributed by atoms with Gasteiger partial charge in [-0.05, 0) is 14.0 Å². The molecule has 21 heterocycles. The predicted molar refractivity (Wildman–Crippen MR) is 322 cm³/mol. The van der Waals surface area contributed by atoms with Gasteiger partial charge in [0.15, 0.2) is 55.6 Å². The van der Waals surface area contributed by atoms with E-state index in [-0.39, 0.29) is 37.1 Å². The number of rotatable bonds is 25. The van der Waals surface area contributed by atoms with Gasteiger partial charge in [-0.25, -0.2) is 0 Å². The number of carboxylic acids is 2. The topological polar surface area (TPSA) is 653 Å². The highest BCUT2D eigenvalue weighted by Crippen LogP contribution is 2.40. The van der Waals surface area contributed by atoms with Crippen LogP contribution in [0.1, 0.15) is 13.3 Å². The van der Waals surface area contributed by atoms with E-state index in [4.69, 9.17) is 75.8 Å². The number of ketones is 2. The van der Waals surface area contributed by atoms with Gasteiger partial charge in [0, 0.05) is 29.4 Å². The van der Waals surface area contributed by atoms with Crippen LogP contribution >= 0.6 is 23.5 Å². The quantitative estimate of drug-likeness (QED) is 0.0377. The molecule has 42 nitrogen and oxygen atoms in total. The molecule has 0 aromatic rings. The van der Waals surface area contributed by atoms with Crippen molar-refractivity contribution in [3.05, 3.63) is 0 Å². The highest BCUT2D eigenvalue weighted by atomic mass is 32.2. The Morgan fingerprint density at radius 1 is 0.356 bits per heavy atom. The van der Waals surface area contributed by atoms with Gasteiger partial charge in [0.2, 0.25) is 0 Å². The molecule has 0 saturated carbocycles. The van der Waals surface area contributed by atoms with Crippen molar-refractivity contribution in [1.82, 2.24) is 5.32 Å². The standard InChI is InChI=1S/C57H93NO41S2/c1-17(64)11-84-3-4-85-12-19(65)5-18(49(80)81)13-100-15-26-47-33(71)40(78)56(91-26)96-45-24(9-62)87-53(36(74)29(45)67)95-44-23(8-61)90-55(39(77)32(44)70)99-48-27(16-101-14-20(58-2)50(82)83)92-57(41(79)34(48)72)97-46-25(10-63)88-52(37(75)30(46)68)93-42-21(6-59)86-51(35(73)28(42)66)94-43-22(7-60)89-54(98-47)38(76)31(43)69/h18,20-48,51-63,66-79H,3-16H2,1-2H3,(H,80,81)(H,82,83)/t18?,20-,21?,22?,23?,24?,25?,26?,27?,28-,29-,30-,31-,32-,33-,34-,35?,36?,37?,38?,39?,40?,41?,42-,43-,44-,45-,46-,47-,48-,51-,52-,53+,54-,55+,56-,57+/m1/s1. The number of aliphatic hydroxyl groups excluding tert-OH is 19. The van der Waals surface area contributed by atoms with Gasteiger partial charge in [0.05, 0.1) is 64.4 Å². The van der Waals surface area contributed by atoms with Crippen LogP contribution in [-0.4, -0.2) is 441 Å². The molecule has 21 rings (SSSR count). The van der Waals surface area contributed by atoms with Gasteiger partial charge in [-0.3, -0.25) is 19.2 Å². The lowest BCUT2D eigenvalue weighted by Gasteiger charge is -2.50. The fraction of sp³-hybridized carbons (Fsp3) is 0.930. The summed E-state index contributed by atoms with van der Waals surface area (Å²) in [5.74, 6) is -6.54. The zero-order valence-electron chi connectivity index (χ0n) is 54.1. The molecule has 0 amide bonds. The highest BCUT2D eigenvalue weighted by molar-refractivity contribution is 7.99. The van der Waals surface area contributed by atoms with Crippen LogP contribution in [0, 0.1) is 5.92 Å². The van der Waals surface area contributed by atoms with Crippen LogP contribution in [0.2, 0.25) is 0 Å². The normalized spacial score (nSPS) is 45.5. The van der Waals surface area contributed by atoms with Gasteiger partial charge < -0.3 is 188 Å². The molecule has 0 aromatic carbocycles. The summed E-state index contributed by atoms with van der Waals surface area (Å²) in [4.78, 5) is 48.5. The van der Waals surface area contributed by atoms with Crippen LogP contribution in [0.25, 0.3) is 0 Å². The number of likely N-dealkylation sites (N-methyl/N-ethyl adjacent to an activating group) is 1. The third-order valence-corrected chi connectivity index (χ3v) is 20.3. The van der Waals surface area contributed by atoms with Crippen LogP contribution in [0.5, 0.6) is 0 Å². The largest absolute Gasteiger partial charge is 0.481 e. The Bertz CT molecular complexity index is 2580. The second kappa shape index (κ2) is 38.6. The molecule has 0 aromatic heterocycles. The van der Waals surface area contributed by atoms with E-state index in [1.54, 1.807) is 0 Å². The summed E-state index contributed by atoms with van der Waals surface area (Å²) in [5, 5.41) is 239. The molecule has 15 unspecified atom stereocenters. The second-order valence-corrected chi connectivity index (χ2v) is 27.3. The molecule has 21 aliphatic heterocycles. The second-order valence-electron chi connectivity index (χ2n) is 25.1. The molecule has 101 heavy (non-hydrogen) atoms. The molecule has 21 fully saturated rings. The molecule has 22 N–H and O–H groups in total. The Kier molecular flexibility index (Phi) is 32.1. The summed E-state index contributed by atoms with van der Waals surface area (Å²) in [6, 6.07) is -1.18. The number of Topliss-reactive ketones (excluding diaryl/α,β-unsaturated/α-hetero) is 2. The minimum atomic E-state index is -2.32. The first-order valence-electron chi connectivity index (χ1n) is 32.2. The number of hydrogen-bond acceptors (Lipinski definition) is 42. The van der Waals surface area contributed by atoms with E-state index in [0.717, 1.165) is 23.5 Å². The zero-order chi connectivity index (χ0) is 74.0. The van der Waals surface area contributed by atoms with Crippen molar-refractivity contribution in [1.29, 1.82) is 0 Å². The van der Waals surface area contributed by atoms with Crippen molar-refractivity contribution in [2.75, 3.05) is 89.5 Å². The summed E-state index contributed by atoms with van der Waals surface area (Å²) in [5.41, 5.74) is 0. The number of ether oxygens (including phenoxy) is 16. The number of aliphatic hydroxyl groups is 19. The molecule has 0 radical (unpaired) electrons. The van der Waals surface area contributed by atoms with E-state index in [1.807, 2.05) is 0 Å². The molecular weight excluding hydrogens is 1420 g/mol. The number of carboxylic acid groups (broad SMARTS) is 2. The lowest BCUT2D eigenvalue weighted by atomic mass is 9.95. The van der Waals surface area contributed by atoms with E-state index in [0.29, 0.717) is 0 Å². The molecular formula is C57H93NO41S2. The third-order valence-electron chi connectivity index (χ3n) is 18.0. The van der Waals surface area contributed by atoms with Gasteiger partial charge in [-0.2, -0.15) is 23.5 Å². The Balaban J connectivity index is 1.09. The van der Waals surface area contributed by atoms with Crippen molar-refractivity contribution in [3.63, 3.8) is 0 Å². The van der Waals surface area contributed by atoms with E-state index in [9.17, 15) is 126 Å². The van der Waals surface area contributed by atoms with Gasteiger partial charge in [0.1, 0.15) is 178 Å². The summed E-state index contributed by atoms with van der Waals surface area (Å²) in [7, 11) is 1.35. The molecule has 44 heteroatoms. The first-order chi connectivity index (χ1) is 48.0. The minimum Gasteiger partial charge on any atom is -0.481 e. The molecule has 14 bridgehead atoms. The lowest BCUT2D eigenvalue weighted by Crippen LogP contribution is -2.68. The van der Waals surface area contributed by atoms with E-state index in [2.05, 4.69) is 5.32 Å². The fourth-order valence-corrected chi connectivity index (χ4v) is 14.7. The van der Waals surface area contributed by atoms with Gasteiger partial charge in [-0.1, -0.05) is 0 Å². The number of hydrogen-bond donors (Lipinski definition) is 22. The fourth-order valence-electron chi connectivity index (χ4n) is 12.4. The number of nitrogens with one attached hydrogen (secondary N) is 1. The van der Waals surface area contributed by atoms with Crippen molar-refractivity contribution >= 4 is 47.0 Å². The lowest BCUT2D eigenvalue weighted by molar-refractivity contribution is -0.395. The monoisotopic (exact) mass is 1510 g/mol. The summed E-state index contributed by atoms with van der Waals surface area (Å²) in [6.45, 7) is -5.20. The van der Waals surface area contributed by atoms with E-state index in [1.165, 1.54) is 14.0 Å². The Morgan fingerprint density at radius 3 is 0.842 bits per heavy atom.